The van der Waals surface area contributed by atoms with Gasteiger partial charge in [0, 0.05) is 18.7 Å². The fourth-order valence-electron chi connectivity index (χ4n) is 3.27. The molecule has 0 saturated carbocycles. The number of likely N-dealkylation sites (tertiary alicyclic amines) is 1. The highest BCUT2D eigenvalue weighted by Crippen LogP contribution is 2.17. The Kier molecular flexibility index (Phi) is 6.67. The summed E-state index contributed by atoms with van der Waals surface area (Å²) in [4.78, 5) is 14.9. The van der Waals surface area contributed by atoms with Gasteiger partial charge in [0.15, 0.2) is 0 Å². The van der Waals surface area contributed by atoms with Crippen LogP contribution in [0.5, 0.6) is 5.75 Å². The molecule has 0 spiro atoms. The third-order valence-corrected chi connectivity index (χ3v) is 4.74. The fraction of sp³-hybridized carbons (Fsp3) is 0.409. The predicted octanol–water partition coefficient (Wildman–Crippen LogP) is 4.00. The van der Waals surface area contributed by atoms with E-state index in [-0.39, 0.29) is 5.91 Å². The first-order chi connectivity index (χ1) is 12.8. The second-order valence-electron chi connectivity index (χ2n) is 6.81. The first-order valence-corrected chi connectivity index (χ1v) is 9.56. The van der Waals surface area contributed by atoms with Gasteiger partial charge in [0.25, 0.3) is 5.91 Å². The largest absolute Gasteiger partial charge is 0.494 e. The number of amides is 1. The van der Waals surface area contributed by atoms with Crippen molar-refractivity contribution >= 4 is 5.91 Å². The highest BCUT2D eigenvalue weighted by Gasteiger charge is 2.14. The Bertz CT molecular complexity index is 706. The van der Waals surface area contributed by atoms with Crippen LogP contribution in [0.25, 0.3) is 0 Å². The quantitative estimate of drug-likeness (QED) is 0.781. The number of hydrogen-bond donors (Lipinski definition) is 1. The first-order valence-electron chi connectivity index (χ1n) is 9.56. The van der Waals surface area contributed by atoms with E-state index in [1.165, 1.54) is 37.1 Å². The van der Waals surface area contributed by atoms with Crippen molar-refractivity contribution in [1.82, 2.24) is 10.2 Å². The molecule has 0 aliphatic carbocycles. The molecule has 1 heterocycles. The molecule has 26 heavy (non-hydrogen) atoms. The molecule has 1 fully saturated rings. The van der Waals surface area contributed by atoms with Crippen molar-refractivity contribution in [3.05, 3.63) is 65.2 Å². The van der Waals surface area contributed by atoms with Crippen molar-refractivity contribution in [3.63, 3.8) is 0 Å². The van der Waals surface area contributed by atoms with Crippen molar-refractivity contribution in [3.8, 4) is 5.75 Å². The van der Waals surface area contributed by atoms with Crippen LogP contribution in [0, 0.1) is 0 Å². The van der Waals surface area contributed by atoms with E-state index in [4.69, 9.17) is 4.74 Å². The van der Waals surface area contributed by atoms with Crippen LogP contribution >= 0.6 is 0 Å². The molecule has 0 aromatic heterocycles. The number of carbonyl (C=O) groups is 1. The van der Waals surface area contributed by atoms with E-state index >= 15 is 0 Å². The lowest BCUT2D eigenvalue weighted by Crippen LogP contribution is -2.25. The normalized spacial score (nSPS) is 14.3. The highest BCUT2D eigenvalue weighted by molar-refractivity contribution is 5.94. The average Bonchev–Trinajstić information content (AvgIpc) is 3.19. The first kappa shape index (κ1) is 18.5. The molecule has 0 atom stereocenters. The summed E-state index contributed by atoms with van der Waals surface area (Å²) < 4.78 is 5.56. The number of ether oxygens (including phenoxy) is 1. The average molecular weight is 352 g/mol. The number of benzene rings is 2. The smallest absolute Gasteiger partial charge is 0.251 e. The van der Waals surface area contributed by atoms with E-state index in [1.807, 2.05) is 30.3 Å². The monoisotopic (exact) mass is 352 g/mol. The van der Waals surface area contributed by atoms with E-state index in [9.17, 15) is 4.79 Å². The van der Waals surface area contributed by atoms with Crippen LogP contribution in [0.1, 0.15) is 47.7 Å². The summed E-state index contributed by atoms with van der Waals surface area (Å²) in [7, 11) is 0. The lowest BCUT2D eigenvalue weighted by atomic mass is 10.1. The van der Waals surface area contributed by atoms with E-state index < -0.39 is 0 Å². The van der Waals surface area contributed by atoms with Gasteiger partial charge in [0.2, 0.25) is 0 Å². The van der Waals surface area contributed by atoms with E-state index in [1.54, 1.807) is 0 Å². The number of nitrogens with one attached hydrogen (secondary N) is 1. The number of rotatable bonds is 8. The van der Waals surface area contributed by atoms with E-state index in [0.29, 0.717) is 18.7 Å². The third kappa shape index (κ3) is 5.09. The fourth-order valence-corrected chi connectivity index (χ4v) is 3.27. The highest BCUT2D eigenvalue weighted by atomic mass is 16.5. The SMILES string of the molecule is CCCOc1ccc(C(=O)NCc2ccccc2CN2CCCC2)cc1. The molecule has 0 radical (unpaired) electrons. The zero-order valence-electron chi connectivity index (χ0n) is 15.5. The molecule has 2 aromatic carbocycles. The molecule has 0 bridgehead atoms. The maximum Gasteiger partial charge on any atom is 0.251 e. The van der Waals surface area contributed by atoms with Crippen LogP contribution < -0.4 is 10.1 Å². The molecule has 138 valence electrons. The van der Waals surface area contributed by atoms with Crippen molar-refractivity contribution in [2.45, 2.75) is 39.3 Å². The lowest BCUT2D eigenvalue weighted by molar-refractivity contribution is 0.0950. The second-order valence-corrected chi connectivity index (χ2v) is 6.81. The summed E-state index contributed by atoms with van der Waals surface area (Å²) in [5.74, 6) is 0.752. The molecule has 1 amide bonds. The van der Waals surface area contributed by atoms with Crippen molar-refractivity contribution < 1.29 is 9.53 Å². The van der Waals surface area contributed by atoms with Crippen molar-refractivity contribution in [2.24, 2.45) is 0 Å². The topological polar surface area (TPSA) is 41.6 Å². The van der Waals surface area contributed by atoms with E-state index in [0.717, 1.165) is 18.7 Å². The van der Waals surface area contributed by atoms with Crippen LogP contribution in [0.2, 0.25) is 0 Å². The lowest BCUT2D eigenvalue weighted by Gasteiger charge is -2.17. The zero-order chi connectivity index (χ0) is 18.2. The Balaban J connectivity index is 1.57. The van der Waals surface area contributed by atoms with Gasteiger partial charge in [0.1, 0.15) is 5.75 Å². The van der Waals surface area contributed by atoms with E-state index in [2.05, 4.69) is 35.3 Å². The van der Waals surface area contributed by atoms with Gasteiger partial charge in [-0.15, -0.1) is 0 Å². The van der Waals surface area contributed by atoms with Gasteiger partial charge in [-0.25, -0.2) is 0 Å². The molecule has 4 nitrogen and oxygen atoms in total. The molecular weight excluding hydrogens is 324 g/mol. The van der Waals surface area contributed by atoms with Crippen molar-refractivity contribution in [2.75, 3.05) is 19.7 Å². The van der Waals surface area contributed by atoms with Gasteiger partial charge in [-0.05, 0) is 67.7 Å². The predicted molar refractivity (Wildman–Crippen MR) is 104 cm³/mol. The van der Waals surface area contributed by atoms with Crippen LogP contribution in [0.4, 0.5) is 0 Å². The summed E-state index contributed by atoms with van der Waals surface area (Å²) in [6.45, 7) is 6.63. The minimum Gasteiger partial charge on any atom is -0.494 e. The molecule has 1 N–H and O–H groups in total. The van der Waals surface area contributed by atoms with Gasteiger partial charge < -0.3 is 10.1 Å². The molecule has 2 aromatic rings. The second kappa shape index (κ2) is 9.39. The molecule has 4 heteroatoms. The van der Waals surface area contributed by atoms with Gasteiger partial charge >= 0.3 is 0 Å². The molecule has 0 unspecified atom stereocenters. The van der Waals surface area contributed by atoms with Gasteiger partial charge in [0.05, 0.1) is 6.61 Å². The van der Waals surface area contributed by atoms with Crippen molar-refractivity contribution in [1.29, 1.82) is 0 Å². The minimum atomic E-state index is -0.0528. The summed E-state index contributed by atoms with van der Waals surface area (Å²) in [5, 5.41) is 3.04. The molecule has 1 aliphatic heterocycles. The maximum absolute atomic E-state index is 12.4. The van der Waals surface area contributed by atoms with Gasteiger partial charge in [-0.3, -0.25) is 9.69 Å². The summed E-state index contributed by atoms with van der Waals surface area (Å²) in [5.41, 5.74) is 3.15. The van der Waals surface area contributed by atoms with Crippen LogP contribution in [0.3, 0.4) is 0 Å². The summed E-state index contributed by atoms with van der Waals surface area (Å²) in [6.07, 6.45) is 3.55. The van der Waals surface area contributed by atoms with Gasteiger partial charge in [-0.2, -0.15) is 0 Å². The maximum atomic E-state index is 12.4. The third-order valence-electron chi connectivity index (χ3n) is 4.74. The zero-order valence-corrected chi connectivity index (χ0v) is 15.5. The number of nitrogens with zero attached hydrogens (tertiary/aromatic N) is 1. The number of hydrogen-bond acceptors (Lipinski definition) is 3. The van der Waals surface area contributed by atoms with Crippen LogP contribution in [-0.2, 0) is 13.1 Å². The Morgan fingerprint density at radius 3 is 2.42 bits per heavy atom. The Morgan fingerprint density at radius 2 is 1.73 bits per heavy atom. The Hall–Kier alpha value is -2.33. The Morgan fingerprint density at radius 1 is 1.04 bits per heavy atom. The van der Waals surface area contributed by atoms with Gasteiger partial charge in [-0.1, -0.05) is 31.2 Å². The summed E-state index contributed by atoms with van der Waals surface area (Å²) >= 11 is 0. The Labute approximate surface area is 156 Å². The number of carbonyl (C=O) groups excluding carboxylic acids is 1. The van der Waals surface area contributed by atoms with Crippen LogP contribution in [-0.4, -0.2) is 30.5 Å². The molecule has 1 aliphatic rings. The standard InChI is InChI=1S/C22H28N2O2/c1-2-15-26-21-11-9-18(10-12-21)22(25)23-16-19-7-3-4-8-20(19)17-24-13-5-6-14-24/h3-4,7-12H,2,5-6,13-17H2,1H3,(H,23,25). The van der Waals surface area contributed by atoms with Crippen LogP contribution in [0.15, 0.2) is 48.5 Å². The molecule has 1 saturated heterocycles. The molecular formula is C22H28N2O2. The summed E-state index contributed by atoms with van der Waals surface area (Å²) in [6, 6.07) is 15.7. The molecule has 3 rings (SSSR count). The minimum absolute atomic E-state index is 0.0528.